The van der Waals surface area contributed by atoms with E-state index in [2.05, 4.69) is 10.6 Å². The Hall–Kier alpha value is -0.810. The third kappa shape index (κ3) is 5.15. The first-order valence-corrected chi connectivity index (χ1v) is 7.27. The minimum atomic E-state index is -0.120. The van der Waals surface area contributed by atoms with Crippen molar-refractivity contribution in [3.63, 3.8) is 0 Å². The van der Waals surface area contributed by atoms with E-state index in [0.29, 0.717) is 24.6 Å². The Morgan fingerprint density at radius 2 is 2.24 bits per heavy atom. The van der Waals surface area contributed by atoms with E-state index in [9.17, 15) is 4.79 Å². The SMILES string of the molecule is COCC1(CNC(=O)Cc2ccccc2Cl)CCCN1.Cl. The molecule has 118 valence electrons. The molecule has 0 saturated carbocycles. The maximum atomic E-state index is 12.0. The standard InChI is InChI=1S/C15H21ClN2O2.ClH/c1-20-11-15(7-4-8-18-15)10-17-14(19)9-12-5-2-3-6-13(12)16;/h2-3,5-6,18H,4,7-11H2,1H3,(H,17,19);1H. The van der Waals surface area contributed by atoms with Gasteiger partial charge in [0.05, 0.1) is 18.6 Å². The molecule has 1 fully saturated rings. The highest BCUT2D eigenvalue weighted by atomic mass is 35.5. The van der Waals surface area contributed by atoms with Crippen LogP contribution in [0.25, 0.3) is 0 Å². The van der Waals surface area contributed by atoms with Crippen molar-refractivity contribution in [2.75, 3.05) is 26.8 Å². The highest BCUT2D eigenvalue weighted by molar-refractivity contribution is 6.31. The molecule has 2 rings (SSSR count). The molecule has 1 aromatic carbocycles. The van der Waals surface area contributed by atoms with E-state index in [1.54, 1.807) is 13.2 Å². The third-order valence-electron chi connectivity index (χ3n) is 3.69. The summed E-state index contributed by atoms with van der Waals surface area (Å²) in [5, 5.41) is 7.05. The van der Waals surface area contributed by atoms with Gasteiger partial charge in [0.25, 0.3) is 0 Å². The molecule has 0 bridgehead atoms. The lowest BCUT2D eigenvalue weighted by molar-refractivity contribution is -0.120. The molecule has 1 aliphatic heterocycles. The van der Waals surface area contributed by atoms with E-state index in [1.165, 1.54) is 0 Å². The molecule has 1 heterocycles. The molecular formula is C15H22Cl2N2O2. The van der Waals surface area contributed by atoms with Crippen LogP contribution in [0.2, 0.25) is 5.02 Å². The Bertz CT molecular complexity index is 463. The van der Waals surface area contributed by atoms with Crippen molar-refractivity contribution >= 4 is 29.9 Å². The van der Waals surface area contributed by atoms with E-state index in [1.807, 2.05) is 18.2 Å². The van der Waals surface area contributed by atoms with Crippen LogP contribution < -0.4 is 10.6 Å². The summed E-state index contributed by atoms with van der Waals surface area (Å²) in [6.45, 7) is 2.17. The predicted molar refractivity (Wildman–Crippen MR) is 87.3 cm³/mol. The van der Waals surface area contributed by atoms with Gasteiger partial charge in [0.1, 0.15) is 0 Å². The second-order valence-corrected chi connectivity index (χ2v) is 5.70. The van der Waals surface area contributed by atoms with Crippen LogP contribution in [-0.2, 0) is 16.0 Å². The summed E-state index contributed by atoms with van der Waals surface area (Å²) in [5.41, 5.74) is 0.733. The maximum absolute atomic E-state index is 12.0. The Morgan fingerprint density at radius 3 is 2.86 bits per heavy atom. The average molecular weight is 333 g/mol. The lowest BCUT2D eigenvalue weighted by Gasteiger charge is -2.29. The zero-order valence-electron chi connectivity index (χ0n) is 12.2. The van der Waals surface area contributed by atoms with Gasteiger partial charge in [-0.25, -0.2) is 0 Å². The van der Waals surface area contributed by atoms with Crippen molar-refractivity contribution in [2.45, 2.75) is 24.8 Å². The summed E-state index contributed by atoms with van der Waals surface area (Å²) in [5.74, 6) is -0.0118. The normalized spacial score (nSPS) is 20.9. The van der Waals surface area contributed by atoms with Crippen LogP contribution in [0.1, 0.15) is 18.4 Å². The Morgan fingerprint density at radius 1 is 1.48 bits per heavy atom. The fraction of sp³-hybridized carbons (Fsp3) is 0.533. The van der Waals surface area contributed by atoms with Gasteiger partial charge < -0.3 is 15.4 Å². The smallest absolute Gasteiger partial charge is 0.224 e. The van der Waals surface area contributed by atoms with E-state index < -0.39 is 0 Å². The molecule has 1 amide bonds. The molecule has 1 saturated heterocycles. The van der Waals surface area contributed by atoms with Crippen LogP contribution in [0, 0.1) is 0 Å². The number of carbonyl (C=O) groups excluding carboxylic acids is 1. The van der Waals surface area contributed by atoms with Crippen molar-refractivity contribution in [2.24, 2.45) is 0 Å². The first-order valence-electron chi connectivity index (χ1n) is 6.89. The van der Waals surface area contributed by atoms with E-state index in [-0.39, 0.29) is 23.9 Å². The van der Waals surface area contributed by atoms with E-state index in [0.717, 1.165) is 24.9 Å². The van der Waals surface area contributed by atoms with Crippen molar-refractivity contribution in [1.29, 1.82) is 0 Å². The molecule has 21 heavy (non-hydrogen) atoms. The molecule has 0 radical (unpaired) electrons. The number of methoxy groups -OCH3 is 1. The maximum Gasteiger partial charge on any atom is 0.224 e. The zero-order chi connectivity index (χ0) is 14.4. The van der Waals surface area contributed by atoms with Gasteiger partial charge in [-0.2, -0.15) is 0 Å². The van der Waals surface area contributed by atoms with Gasteiger partial charge >= 0.3 is 0 Å². The lowest BCUT2D eigenvalue weighted by atomic mass is 9.98. The minimum absolute atomic E-state index is 0. The van der Waals surface area contributed by atoms with Crippen LogP contribution in [0.3, 0.4) is 0 Å². The number of nitrogens with one attached hydrogen (secondary N) is 2. The van der Waals surface area contributed by atoms with Crippen LogP contribution >= 0.6 is 24.0 Å². The highest BCUT2D eigenvalue weighted by Crippen LogP contribution is 2.19. The molecule has 6 heteroatoms. The monoisotopic (exact) mass is 332 g/mol. The van der Waals surface area contributed by atoms with Gasteiger partial charge in [-0.1, -0.05) is 29.8 Å². The summed E-state index contributed by atoms with van der Waals surface area (Å²) < 4.78 is 5.26. The number of carbonyl (C=O) groups is 1. The molecule has 0 aromatic heterocycles. The van der Waals surface area contributed by atoms with E-state index in [4.69, 9.17) is 16.3 Å². The minimum Gasteiger partial charge on any atom is -0.383 e. The van der Waals surface area contributed by atoms with Crippen LogP contribution in [0.5, 0.6) is 0 Å². The summed E-state index contributed by atoms with van der Waals surface area (Å²) in [6, 6.07) is 7.43. The predicted octanol–water partition coefficient (Wildman–Crippen LogP) is 2.19. The number of hydrogen-bond acceptors (Lipinski definition) is 3. The van der Waals surface area contributed by atoms with Gasteiger partial charge in [0.2, 0.25) is 5.91 Å². The Labute approximate surface area is 137 Å². The topological polar surface area (TPSA) is 50.4 Å². The summed E-state index contributed by atoms with van der Waals surface area (Å²) >= 11 is 6.06. The van der Waals surface area contributed by atoms with Crippen molar-refractivity contribution in [3.05, 3.63) is 34.9 Å². The first-order chi connectivity index (χ1) is 9.65. The number of hydrogen-bond donors (Lipinski definition) is 2. The molecule has 0 aliphatic carbocycles. The molecule has 1 aromatic rings. The number of ether oxygens (including phenoxy) is 1. The Kier molecular flexibility index (Phi) is 7.46. The lowest BCUT2D eigenvalue weighted by Crippen LogP contribution is -2.53. The number of rotatable bonds is 6. The first kappa shape index (κ1) is 18.2. The number of halogens is 2. The second-order valence-electron chi connectivity index (χ2n) is 5.29. The quantitative estimate of drug-likeness (QED) is 0.839. The fourth-order valence-electron chi connectivity index (χ4n) is 2.62. The largest absolute Gasteiger partial charge is 0.383 e. The Balaban J connectivity index is 0.00000220. The summed E-state index contributed by atoms with van der Waals surface area (Å²) in [4.78, 5) is 12.0. The summed E-state index contributed by atoms with van der Waals surface area (Å²) in [7, 11) is 1.69. The molecule has 2 N–H and O–H groups in total. The van der Waals surface area contributed by atoms with E-state index >= 15 is 0 Å². The molecule has 1 aliphatic rings. The molecule has 4 nitrogen and oxygen atoms in total. The van der Waals surface area contributed by atoms with Crippen molar-refractivity contribution in [3.8, 4) is 0 Å². The van der Waals surface area contributed by atoms with Crippen LogP contribution in [0.4, 0.5) is 0 Å². The van der Waals surface area contributed by atoms with Gasteiger partial charge in [-0.05, 0) is 31.0 Å². The van der Waals surface area contributed by atoms with Gasteiger partial charge in [0, 0.05) is 18.7 Å². The van der Waals surface area contributed by atoms with Gasteiger partial charge in [-0.3, -0.25) is 4.79 Å². The van der Waals surface area contributed by atoms with Gasteiger partial charge in [-0.15, -0.1) is 12.4 Å². The van der Waals surface area contributed by atoms with Crippen molar-refractivity contribution in [1.82, 2.24) is 10.6 Å². The highest BCUT2D eigenvalue weighted by Gasteiger charge is 2.33. The summed E-state index contributed by atoms with van der Waals surface area (Å²) in [6.07, 6.45) is 2.44. The number of benzene rings is 1. The molecular weight excluding hydrogens is 311 g/mol. The third-order valence-corrected chi connectivity index (χ3v) is 4.05. The molecule has 1 atom stereocenters. The van der Waals surface area contributed by atoms with Crippen LogP contribution in [-0.4, -0.2) is 38.3 Å². The molecule has 0 spiro atoms. The fourth-order valence-corrected chi connectivity index (χ4v) is 2.82. The van der Waals surface area contributed by atoms with Crippen molar-refractivity contribution < 1.29 is 9.53 Å². The van der Waals surface area contributed by atoms with Gasteiger partial charge in [0.15, 0.2) is 0 Å². The average Bonchev–Trinajstić information content (AvgIpc) is 2.89. The second kappa shape index (κ2) is 8.59. The number of amides is 1. The van der Waals surface area contributed by atoms with Crippen LogP contribution in [0.15, 0.2) is 24.3 Å². The molecule has 1 unspecified atom stereocenters. The zero-order valence-corrected chi connectivity index (χ0v) is 13.7.